The molecule has 1 fully saturated rings. The van der Waals surface area contributed by atoms with Crippen molar-refractivity contribution in [3.05, 3.63) is 11.6 Å². The van der Waals surface area contributed by atoms with Gasteiger partial charge in [0.2, 0.25) is 0 Å². The van der Waals surface area contributed by atoms with E-state index in [2.05, 4.69) is 46.9 Å². The van der Waals surface area contributed by atoms with Gasteiger partial charge in [-0.3, -0.25) is 0 Å². The van der Waals surface area contributed by atoms with E-state index < -0.39 is 13.9 Å². The summed E-state index contributed by atoms with van der Waals surface area (Å²) in [4.78, 5) is 0. The molecule has 0 unspecified atom stereocenters. The SMILES string of the molecule is CC1=C[C@@H](O[Si](C)(C)C(C)(C)C)[C@H]2CCCC[C@]12O. The maximum atomic E-state index is 10.9. The Labute approximate surface area is 119 Å². The average molecular weight is 282 g/mol. The lowest BCUT2D eigenvalue weighted by atomic mass is 9.74. The molecule has 0 aromatic heterocycles. The first-order valence-corrected chi connectivity index (χ1v) is 10.6. The number of aliphatic hydroxyl groups is 1. The molecule has 1 N–H and O–H groups in total. The molecule has 3 heteroatoms. The van der Waals surface area contributed by atoms with Crippen molar-refractivity contribution in [2.45, 2.75) is 83.2 Å². The van der Waals surface area contributed by atoms with Crippen molar-refractivity contribution < 1.29 is 9.53 Å². The first-order chi connectivity index (χ1) is 8.58. The van der Waals surface area contributed by atoms with E-state index in [9.17, 15) is 5.11 Å². The van der Waals surface area contributed by atoms with Crippen molar-refractivity contribution in [1.29, 1.82) is 0 Å². The highest BCUT2D eigenvalue weighted by atomic mass is 28.4. The van der Waals surface area contributed by atoms with E-state index in [1.54, 1.807) is 0 Å². The Balaban J connectivity index is 2.19. The average Bonchev–Trinajstić information content (AvgIpc) is 2.49. The highest BCUT2D eigenvalue weighted by Crippen LogP contribution is 2.49. The Bertz CT molecular complexity index is 381. The van der Waals surface area contributed by atoms with Crippen LogP contribution in [0.2, 0.25) is 18.1 Å². The molecule has 19 heavy (non-hydrogen) atoms. The molecule has 0 aromatic carbocycles. The van der Waals surface area contributed by atoms with Gasteiger partial charge >= 0.3 is 0 Å². The van der Waals surface area contributed by atoms with Gasteiger partial charge < -0.3 is 9.53 Å². The van der Waals surface area contributed by atoms with Crippen molar-refractivity contribution in [3.63, 3.8) is 0 Å². The lowest BCUT2D eigenvalue weighted by Crippen LogP contribution is -2.49. The normalized spacial score (nSPS) is 36.1. The number of rotatable bonds is 2. The van der Waals surface area contributed by atoms with Crippen LogP contribution in [-0.4, -0.2) is 25.1 Å². The third-order valence-electron chi connectivity index (χ3n) is 5.67. The molecule has 0 spiro atoms. The predicted octanol–water partition coefficient (Wildman–Crippen LogP) is 4.26. The van der Waals surface area contributed by atoms with Gasteiger partial charge in [0.05, 0.1) is 11.7 Å². The van der Waals surface area contributed by atoms with E-state index in [4.69, 9.17) is 4.43 Å². The minimum absolute atomic E-state index is 0.131. The highest BCUT2D eigenvalue weighted by Gasteiger charge is 2.51. The quantitative estimate of drug-likeness (QED) is 0.606. The first-order valence-electron chi connectivity index (χ1n) is 7.67. The first kappa shape index (κ1) is 15.3. The summed E-state index contributed by atoms with van der Waals surface area (Å²) >= 11 is 0. The minimum Gasteiger partial charge on any atom is -0.410 e. The van der Waals surface area contributed by atoms with Crippen LogP contribution in [0, 0.1) is 5.92 Å². The van der Waals surface area contributed by atoms with Gasteiger partial charge in [-0.2, -0.15) is 0 Å². The van der Waals surface area contributed by atoms with E-state index in [0.29, 0.717) is 0 Å². The Morgan fingerprint density at radius 1 is 1.32 bits per heavy atom. The maximum Gasteiger partial charge on any atom is 0.192 e. The zero-order valence-electron chi connectivity index (χ0n) is 13.4. The highest BCUT2D eigenvalue weighted by molar-refractivity contribution is 6.74. The molecule has 0 heterocycles. The van der Waals surface area contributed by atoms with Crippen LogP contribution < -0.4 is 0 Å². The molecule has 0 saturated heterocycles. The molecular formula is C16H30O2Si. The van der Waals surface area contributed by atoms with Gasteiger partial charge in [0.1, 0.15) is 0 Å². The van der Waals surface area contributed by atoms with Crippen LogP contribution in [0.4, 0.5) is 0 Å². The molecule has 110 valence electrons. The van der Waals surface area contributed by atoms with E-state index in [1.807, 2.05) is 0 Å². The third kappa shape index (κ3) is 2.57. The van der Waals surface area contributed by atoms with Crippen LogP contribution in [-0.2, 0) is 4.43 Å². The van der Waals surface area contributed by atoms with E-state index in [0.717, 1.165) is 24.8 Å². The maximum absolute atomic E-state index is 10.9. The zero-order valence-corrected chi connectivity index (χ0v) is 14.4. The van der Waals surface area contributed by atoms with Crippen molar-refractivity contribution in [1.82, 2.24) is 0 Å². The largest absolute Gasteiger partial charge is 0.410 e. The van der Waals surface area contributed by atoms with Crippen LogP contribution in [0.3, 0.4) is 0 Å². The zero-order chi connectivity index (χ0) is 14.5. The van der Waals surface area contributed by atoms with Crippen molar-refractivity contribution in [2.75, 3.05) is 0 Å². The summed E-state index contributed by atoms with van der Waals surface area (Å²) in [6, 6.07) is 0. The predicted molar refractivity (Wildman–Crippen MR) is 82.7 cm³/mol. The molecule has 3 atom stereocenters. The van der Waals surface area contributed by atoms with Crippen LogP contribution >= 0.6 is 0 Å². The van der Waals surface area contributed by atoms with Gasteiger partial charge in [-0.25, -0.2) is 0 Å². The Morgan fingerprint density at radius 3 is 2.53 bits per heavy atom. The second-order valence-electron chi connectivity index (χ2n) is 7.97. The van der Waals surface area contributed by atoms with Crippen LogP contribution in [0.5, 0.6) is 0 Å². The summed E-state index contributed by atoms with van der Waals surface area (Å²) in [6.07, 6.45) is 6.72. The third-order valence-corrected chi connectivity index (χ3v) is 10.1. The lowest BCUT2D eigenvalue weighted by Gasteiger charge is -2.43. The smallest absolute Gasteiger partial charge is 0.192 e. The monoisotopic (exact) mass is 282 g/mol. The molecule has 2 aliphatic rings. The van der Waals surface area contributed by atoms with E-state index in [-0.39, 0.29) is 17.1 Å². The standard InChI is InChI=1S/C16H30O2Si/c1-12-11-14(18-19(5,6)15(2,3)4)13-9-7-8-10-16(12,13)17/h11,13-14,17H,7-10H2,1-6H3/t13-,14-,16+/m1/s1. The topological polar surface area (TPSA) is 29.5 Å². The fourth-order valence-electron chi connectivity index (χ4n) is 3.25. The van der Waals surface area contributed by atoms with Gasteiger partial charge in [-0.05, 0) is 43.5 Å². The molecule has 2 nitrogen and oxygen atoms in total. The number of hydrogen-bond acceptors (Lipinski definition) is 2. The molecule has 1 saturated carbocycles. The van der Waals surface area contributed by atoms with Gasteiger partial charge in [-0.1, -0.05) is 39.7 Å². The van der Waals surface area contributed by atoms with Gasteiger partial charge in [-0.15, -0.1) is 0 Å². The van der Waals surface area contributed by atoms with Crippen molar-refractivity contribution in [2.24, 2.45) is 5.92 Å². The molecule has 0 amide bonds. The second kappa shape index (κ2) is 4.71. The Kier molecular flexibility index (Phi) is 3.79. The molecule has 0 aliphatic heterocycles. The van der Waals surface area contributed by atoms with E-state index in [1.165, 1.54) is 6.42 Å². The van der Waals surface area contributed by atoms with Gasteiger partial charge in [0.25, 0.3) is 0 Å². The number of hydrogen-bond donors (Lipinski definition) is 1. The molecule has 0 aromatic rings. The summed E-state index contributed by atoms with van der Waals surface area (Å²) in [5.74, 6) is 0.287. The second-order valence-corrected chi connectivity index (χ2v) is 12.7. The van der Waals surface area contributed by atoms with Gasteiger partial charge in [0.15, 0.2) is 8.32 Å². The van der Waals surface area contributed by atoms with E-state index >= 15 is 0 Å². The van der Waals surface area contributed by atoms with Gasteiger partial charge in [0, 0.05) is 5.92 Å². The van der Waals surface area contributed by atoms with Crippen molar-refractivity contribution >= 4 is 8.32 Å². The summed E-state index contributed by atoms with van der Waals surface area (Å²) in [5, 5.41) is 11.1. The Hall–Kier alpha value is -0.123. The summed E-state index contributed by atoms with van der Waals surface area (Å²) < 4.78 is 6.57. The molecule has 0 bridgehead atoms. The number of fused-ring (bicyclic) bond motifs is 1. The van der Waals surface area contributed by atoms with Crippen molar-refractivity contribution in [3.8, 4) is 0 Å². The fraction of sp³-hybridized carbons (Fsp3) is 0.875. The summed E-state index contributed by atoms with van der Waals surface area (Å²) in [6.45, 7) is 13.5. The molecule has 0 radical (unpaired) electrons. The minimum atomic E-state index is -1.76. The van der Waals surface area contributed by atoms with Crippen LogP contribution in [0.25, 0.3) is 0 Å². The molecule has 2 aliphatic carbocycles. The Morgan fingerprint density at radius 2 is 1.95 bits per heavy atom. The van der Waals surface area contributed by atoms with Crippen LogP contribution in [0.15, 0.2) is 11.6 Å². The summed E-state index contributed by atoms with van der Waals surface area (Å²) in [7, 11) is -1.76. The molecular weight excluding hydrogens is 252 g/mol. The van der Waals surface area contributed by atoms with Crippen LogP contribution in [0.1, 0.15) is 53.4 Å². The lowest BCUT2D eigenvalue weighted by molar-refractivity contribution is -0.0373. The summed E-state index contributed by atoms with van der Waals surface area (Å²) in [5.41, 5.74) is 0.562. The molecule has 2 rings (SSSR count). The fourth-order valence-corrected chi connectivity index (χ4v) is 4.51.